The van der Waals surface area contributed by atoms with Crippen molar-refractivity contribution in [2.45, 2.75) is 21.1 Å². The molecule has 0 radical (unpaired) electrons. The van der Waals surface area contributed by atoms with Gasteiger partial charge in [0.25, 0.3) is 41.9 Å². The van der Waals surface area contributed by atoms with Gasteiger partial charge in [-0.25, -0.2) is 44.6 Å². The van der Waals surface area contributed by atoms with Gasteiger partial charge in [0, 0.05) is 95.2 Å². The highest BCUT2D eigenvalue weighted by atomic mass is 35.5. The first-order chi connectivity index (χ1) is 45.2. The van der Waals surface area contributed by atoms with Gasteiger partial charge in [-0.15, -0.1) is 34.0 Å². The molecule has 0 unspecified atom stereocenters. The first-order valence-electron chi connectivity index (χ1n) is 27.5. The highest BCUT2D eigenvalue weighted by molar-refractivity contribution is 7.93. The van der Waals surface area contributed by atoms with Gasteiger partial charge in [-0.05, 0) is 84.4 Å². The average Bonchev–Trinajstić information content (AvgIpc) is 0.835. The number of halogens is 3. The Kier molecular flexibility index (Phi) is 21.6. The number of rotatable bonds is 21. The lowest BCUT2D eigenvalue weighted by Crippen LogP contribution is -2.20. The van der Waals surface area contributed by atoms with Crippen LogP contribution >= 0.6 is 57.2 Å². The van der Waals surface area contributed by atoms with E-state index in [0.29, 0.717) is 65.3 Å². The number of hydrogen-bond donors (Lipinski definition) is 6. The van der Waals surface area contributed by atoms with Crippen LogP contribution in [0.3, 0.4) is 0 Å². The Morgan fingerprint density at radius 3 is 1.20 bits per heavy atom. The lowest BCUT2D eigenvalue weighted by Gasteiger charge is -2.13. The molecule has 0 aliphatic heterocycles. The molecule has 3 heterocycles. The third kappa shape index (κ3) is 17.3. The second kappa shape index (κ2) is 30.3. The van der Waals surface area contributed by atoms with Crippen molar-refractivity contribution in [3.63, 3.8) is 0 Å². The quantitative estimate of drug-likeness (QED) is 0.0390. The molecule has 0 fully saturated rings. The Balaban J connectivity index is 0.000000154. The Bertz CT molecular complexity index is 5060. The van der Waals surface area contributed by atoms with Crippen molar-refractivity contribution in [3.05, 3.63) is 232 Å². The Morgan fingerprint density at radius 1 is 0.447 bits per heavy atom. The number of benzene rings is 9. The lowest BCUT2D eigenvalue weighted by molar-refractivity contribution is -0.118. The van der Waals surface area contributed by atoms with E-state index in [-0.39, 0.29) is 67.2 Å². The van der Waals surface area contributed by atoms with Crippen LogP contribution in [0.4, 0.5) is 36.8 Å². The maximum absolute atomic E-state index is 13.2. The predicted octanol–water partition coefficient (Wildman–Crippen LogP) is 14.0. The van der Waals surface area contributed by atoms with Crippen molar-refractivity contribution >= 4 is 170 Å². The van der Waals surface area contributed by atoms with E-state index in [0.717, 1.165) is 17.4 Å². The highest BCUT2D eigenvalue weighted by Gasteiger charge is 2.24. The van der Waals surface area contributed by atoms with Gasteiger partial charge in [-0.1, -0.05) is 114 Å². The number of nitrogens with one attached hydrogen (secondary N) is 6. The van der Waals surface area contributed by atoms with E-state index in [4.69, 9.17) is 37.4 Å². The summed E-state index contributed by atoms with van der Waals surface area (Å²) in [4.78, 5) is 49.5. The second-order valence-corrected chi connectivity index (χ2v) is 28.1. The zero-order valence-electron chi connectivity index (χ0n) is 48.7. The smallest absolute Gasteiger partial charge is 0.264 e. The van der Waals surface area contributed by atoms with Gasteiger partial charge in [0.1, 0.15) is 23.1 Å². The molecule has 480 valence electrons. The number of anilines is 6. The number of sulfonamides is 3. The lowest BCUT2D eigenvalue weighted by atomic mass is 10.1. The van der Waals surface area contributed by atoms with Crippen molar-refractivity contribution in [3.8, 4) is 17.2 Å². The number of fused-ring (bicyclic) bond motifs is 3. The van der Waals surface area contributed by atoms with Crippen LogP contribution < -0.4 is 44.3 Å². The monoisotopic (exact) mass is 1420 g/mol. The van der Waals surface area contributed by atoms with Crippen LogP contribution in [0.2, 0.25) is 10.0 Å². The van der Waals surface area contributed by atoms with Crippen LogP contribution in [0.5, 0.6) is 17.2 Å². The normalized spacial score (nSPS) is 11.3. The van der Waals surface area contributed by atoms with Crippen molar-refractivity contribution in [2.75, 3.05) is 50.4 Å². The molecule has 3 aromatic heterocycles. The molecule has 0 saturated heterocycles. The summed E-state index contributed by atoms with van der Waals surface area (Å²) < 4.78 is 114. The van der Waals surface area contributed by atoms with Crippen molar-refractivity contribution in [1.29, 1.82) is 0 Å². The molecule has 0 spiro atoms. The Hall–Kier alpha value is -9.78. The fraction of sp³-hybridized carbons (Fsp3) is 0.0625. The molecule has 0 atom stereocenters. The summed E-state index contributed by atoms with van der Waals surface area (Å²) in [7, 11) is -10.00. The zero-order chi connectivity index (χ0) is 66.4. The summed E-state index contributed by atoms with van der Waals surface area (Å²) in [6, 6.07) is 47.6. The number of ether oxygens (including phenoxy) is 3. The number of hydrogen-bond acceptors (Lipinski definition) is 18. The van der Waals surface area contributed by atoms with Gasteiger partial charge in [-0.3, -0.25) is 28.5 Å². The largest absolute Gasteiger partial charge is 0.497 e. The summed E-state index contributed by atoms with van der Waals surface area (Å²) >= 11 is 15.2. The van der Waals surface area contributed by atoms with Crippen molar-refractivity contribution in [1.82, 2.24) is 15.0 Å². The summed E-state index contributed by atoms with van der Waals surface area (Å²) in [5.41, 5.74) is 2.28. The van der Waals surface area contributed by atoms with E-state index in [1.807, 2.05) is 12.1 Å². The Morgan fingerprint density at radius 2 is 0.830 bits per heavy atom. The summed E-state index contributed by atoms with van der Waals surface area (Å²) in [6.07, 6.45) is 4.73. The van der Waals surface area contributed by atoms with Gasteiger partial charge < -0.3 is 30.2 Å². The minimum absolute atomic E-state index is 0.0542. The van der Waals surface area contributed by atoms with Crippen LogP contribution in [0.15, 0.2) is 225 Å². The van der Waals surface area contributed by atoms with E-state index in [2.05, 4.69) is 45.1 Å². The average molecular weight is 1420 g/mol. The van der Waals surface area contributed by atoms with E-state index in [1.165, 1.54) is 89.0 Å². The van der Waals surface area contributed by atoms with Crippen LogP contribution in [-0.2, 0) is 50.9 Å². The fourth-order valence-electron chi connectivity index (χ4n) is 9.09. The molecule has 0 aliphatic rings. The molecule has 12 rings (SSSR count). The van der Waals surface area contributed by atoms with E-state index >= 15 is 0 Å². The zero-order valence-corrected chi connectivity index (χ0v) is 55.1. The van der Waals surface area contributed by atoms with Crippen LogP contribution in [0, 0.1) is 5.82 Å². The summed E-state index contributed by atoms with van der Waals surface area (Å²) in [6.45, 7) is -0.567. The molecule has 6 N–H and O–H groups in total. The van der Waals surface area contributed by atoms with Crippen LogP contribution in [-0.4, -0.2) is 78.3 Å². The fourth-order valence-corrected chi connectivity index (χ4v) is 15.4. The highest BCUT2D eigenvalue weighted by Crippen LogP contribution is 2.35. The molecule has 9 aromatic carbocycles. The number of aromatic nitrogens is 3. The molecule has 12 aromatic rings. The molecule has 0 aliphatic carbocycles. The number of amides is 3. The third-order valence-corrected chi connectivity index (χ3v) is 20.4. The topological polar surface area (TPSA) is 292 Å². The molecular formula is C64H50Cl2FN9O12S6. The molecular weight excluding hydrogens is 1370 g/mol. The number of thiazole rings is 3. The van der Waals surface area contributed by atoms with Crippen molar-refractivity contribution in [2.24, 2.45) is 0 Å². The predicted molar refractivity (Wildman–Crippen MR) is 367 cm³/mol. The number of methoxy groups -OCH3 is 1. The summed E-state index contributed by atoms with van der Waals surface area (Å²) in [5, 5.41) is 17.8. The maximum atomic E-state index is 13.2. The second-order valence-electron chi connectivity index (χ2n) is 19.6. The molecule has 30 heteroatoms. The third-order valence-electron chi connectivity index (χ3n) is 13.3. The van der Waals surface area contributed by atoms with E-state index < -0.39 is 41.8 Å². The molecule has 3 amide bonds. The molecule has 94 heavy (non-hydrogen) atoms. The molecule has 0 bridgehead atoms. The number of carbonyl (C=O) groups excluding carboxylic acids is 3. The van der Waals surface area contributed by atoms with Gasteiger partial charge in [-0.2, -0.15) is 0 Å². The van der Waals surface area contributed by atoms with Gasteiger partial charge >= 0.3 is 0 Å². The number of carbonyl (C=O) groups is 3. The number of nitrogens with zero attached hydrogens (tertiary/aromatic N) is 3. The first-order valence-corrected chi connectivity index (χ1v) is 35.4. The van der Waals surface area contributed by atoms with E-state index in [9.17, 15) is 44.0 Å². The minimum atomic E-state index is -3.89. The van der Waals surface area contributed by atoms with Crippen molar-refractivity contribution < 1.29 is 58.2 Å². The minimum Gasteiger partial charge on any atom is -0.497 e. The van der Waals surface area contributed by atoms with Gasteiger partial charge in [0.15, 0.2) is 28.6 Å². The molecule has 0 saturated carbocycles. The maximum Gasteiger partial charge on any atom is 0.264 e. The standard InChI is InChI=1S/C22H19N3O4S2.C21H15ClFN3O4S2.C21H16ClN3O4S2/c1-29-16-8-6-15(7-9-16)14-21(26)24-19-10-11-20(18-5-3-2-4-17(18)19)31(27,28)25-22-23-12-13-30-22;22-16-11-13(5-6-17(16)23)30-12-20(27)25-18-7-8-19(15-4-2-1-3-14(15)18)32(28,29)26-21-24-9-10-31-21;22-14-4-3-5-15(12-14)29-13-20(26)24-18-8-9-19(17-7-2-1-6-16(17)18)31(27,28)25-21-23-10-11-30-21/h2-13H,14H2,1H3,(H,23,25)(H,24,26);1-11H,12H2,(H,24,26)(H,25,27);1-12H,13H2,(H,23,25)(H,24,26). The van der Waals surface area contributed by atoms with Gasteiger partial charge in [0.05, 0.1) is 33.2 Å². The van der Waals surface area contributed by atoms with E-state index in [1.54, 1.807) is 145 Å². The van der Waals surface area contributed by atoms with Gasteiger partial charge in [0.2, 0.25) is 5.91 Å². The van der Waals surface area contributed by atoms with Crippen LogP contribution in [0.25, 0.3) is 32.3 Å². The molecule has 21 nitrogen and oxygen atoms in total. The summed E-state index contributed by atoms with van der Waals surface area (Å²) in [5.74, 6) is -0.221. The first kappa shape index (κ1) is 67.1. The SMILES string of the molecule is COc1ccc(CC(=O)Nc2ccc(S(=O)(=O)Nc3nccs3)c3ccccc23)cc1.O=C(COc1ccc(F)c(Cl)c1)Nc1ccc(S(=O)(=O)Nc2nccs2)c2ccccc12.O=C(COc1cccc(Cl)c1)Nc1ccc(S(=O)(=O)Nc2nccs2)c2ccccc12. The Labute approximate surface area is 559 Å². The van der Waals surface area contributed by atoms with Crippen LogP contribution in [0.1, 0.15) is 5.56 Å².